The summed E-state index contributed by atoms with van der Waals surface area (Å²) >= 11 is 0. The number of rotatable bonds is 5. The number of aliphatic hydroxyl groups is 1. The molecule has 228 valence electrons. The second-order valence-corrected chi connectivity index (χ2v) is 11.2. The molecule has 42 heavy (non-hydrogen) atoms. The highest BCUT2D eigenvalue weighted by atomic mass is 19.4. The van der Waals surface area contributed by atoms with Crippen molar-refractivity contribution in [3.63, 3.8) is 0 Å². The van der Waals surface area contributed by atoms with E-state index in [2.05, 4.69) is 0 Å². The molecule has 1 unspecified atom stereocenters. The molecule has 0 saturated carbocycles. The first-order valence-electron chi connectivity index (χ1n) is 13.6. The van der Waals surface area contributed by atoms with Crippen LogP contribution in [0.25, 0.3) is 0 Å². The Hall–Kier alpha value is -3.19. The highest BCUT2D eigenvalue weighted by Crippen LogP contribution is 2.45. The van der Waals surface area contributed by atoms with Crippen LogP contribution >= 0.6 is 0 Å². The normalized spacial score (nSPS) is 27.4. The van der Waals surface area contributed by atoms with Crippen LogP contribution in [-0.2, 0) is 26.7 Å². The molecular weight excluding hydrogens is 573 g/mol. The molecule has 3 aliphatic heterocycles. The standard InChI is InChI=1S/C29H29F7N2O4/c1-15(17-8-19(28(31,32)33)12-20(9-17)29(34,35)36)42-24-14-38-23(26(24)16-2-4-21(30)5-3-16)10-18(11-25(38)40)27(41)37-7-6-22(39)13-37/h2-5,8-9,12,15,18,22-24,26,39H,6-7,10-11,13-14H2,1H3/t15-,18?,22-,23+,24+,26+/m1/s1. The fraction of sp³-hybridized carbons (Fsp3) is 0.517. The number of piperidine rings is 1. The minimum Gasteiger partial charge on any atom is -0.391 e. The van der Waals surface area contributed by atoms with E-state index in [0.717, 1.165) is 0 Å². The number of fused-ring (bicyclic) bond motifs is 1. The van der Waals surface area contributed by atoms with Gasteiger partial charge in [-0.05, 0) is 61.2 Å². The van der Waals surface area contributed by atoms with Crippen LogP contribution in [0.4, 0.5) is 30.7 Å². The Bertz CT molecular complexity index is 1300. The quantitative estimate of drug-likeness (QED) is 0.472. The van der Waals surface area contributed by atoms with Gasteiger partial charge in [-0.3, -0.25) is 9.59 Å². The molecule has 2 aromatic rings. The molecule has 2 amide bonds. The summed E-state index contributed by atoms with van der Waals surface area (Å²) in [4.78, 5) is 29.5. The largest absolute Gasteiger partial charge is 0.416 e. The lowest BCUT2D eigenvalue weighted by Crippen LogP contribution is -2.48. The van der Waals surface area contributed by atoms with E-state index in [0.29, 0.717) is 30.7 Å². The molecule has 1 N–H and O–H groups in total. The third kappa shape index (κ3) is 6.12. The lowest BCUT2D eigenvalue weighted by Gasteiger charge is -2.37. The Balaban J connectivity index is 1.45. The van der Waals surface area contributed by atoms with Gasteiger partial charge in [0, 0.05) is 43.9 Å². The second kappa shape index (κ2) is 11.1. The fourth-order valence-corrected chi connectivity index (χ4v) is 6.34. The Morgan fingerprint density at radius 3 is 2.17 bits per heavy atom. The molecule has 0 aliphatic carbocycles. The summed E-state index contributed by atoms with van der Waals surface area (Å²) in [5.41, 5.74) is -2.72. The number of aliphatic hydroxyl groups excluding tert-OH is 1. The number of carbonyl (C=O) groups is 2. The number of likely N-dealkylation sites (tertiary alicyclic amines) is 1. The summed E-state index contributed by atoms with van der Waals surface area (Å²) in [5, 5.41) is 9.86. The van der Waals surface area contributed by atoms with Gasteiger partial charge in [0.2, 0.25) is 11.8 Å². The molecule has 0 bridgehead atoms. The zero-order valence-electron chi connectivity index (χ0n) is 22.5. The van der Waals surface area contributed by atoms with E-state index in [-0.39, 0.29) is 49.4 Å². The molecule has 3 fully saturated rings. The van der Waals surface area contributed by atoms with Crippen LogP contribution in [0.3, 0.4) is 0 Å². The number of β-amino-alcohol motifs (C(OH)–C–C–N with tert-alkyl or cyclic N) is 1. The van der Waals surface area contributed by atoms with Crippen LogP contribution in [0, 0.1) is 11.7 Å². The van der Waals surface area contributed by atoms with E-state index in [1.807, 2.05) is 0 Å². The van der Waals surface area contributed by atoms with Crippen molar-refractivity contribution in [3.05, 3.63) is 70.5 Å². The maximum Gasteiger partial charge on any atom is 0.416 e. The first-order valence-corrected chi connectivity index (χ1v) is 13.6. The molecule has 0 spiro atoms. The third-order valence-electron chi connectivity index (χ3n) is 8.40. The van der Waals surface area contributed by atoms with E-state index < -0.39 is 65.5 Å². The Morgan fingerprint density at radius 2 is 1.62 bits per heavy atom. The summed E-state index contributed by atoms with van der Waals surface area (Å²) < 4.78 is 101. The number of benzene rings is 2. The zero-order chi connectivity index (χ0) is 30.6. The predicted molar refractivity (Wildman–Crippen MR) is 134 cm³/mol. The molecule has 0 aromatic heterocycles. The van der Waals surface area contributed by atoms with E-state index in [4.69, 9.17) is 4.74 Å². The van der Waals surface area contributed by atoms with Crippen molar-refractivity contribution in [3.8, 4) is 0 Å². The van der Waals surface area contributed by atoms with Crippen molar-refractivity contribution in [2.24, 2.45) is 5.92 Å². The molecule has 3 aliphatic rings. The number of hydrogen-bond acceptors (Lipinski definition) is 4. The maximum atomic E-state index is 13.8. The minimum atomic E-state index is -5.03. The molecule has 0 radical (unpaired) electrons. The van der Waals surface area contributed by atoms with Gasteiger partial charge in [-0.1, -0.05) is 12.1 Å². The van der Waals surface area contributed by atoms with Gasteiger partial charge in [0.15, 0.2) is 0 Å². The highest BCUT2D eigenvalue weighted by Gasteiger charge is 2.51. The molecule has 5 rings (SSSR count). The number of amides is 2. The summed E-state index contributed by atoms with van der Waals surface area (Å²) in [5.74, 6) is -2.44. The topological polar surface area (TPSA) is 70.1 Å². The molecule has 6 atom stereocenters. The molecule has 3 saturated heterocycles. The van der Waals surface area contributed by atoms with Gasteiger partial charge in [-0.15, -0.1) is 0 Å². The van der Waals surface area contributed by atoms with Crippen LogP contribution in [0.15, 0.2) is 42.5 Å². The molecule has 2 aromatic carbocycles. The van der Waals surface area contributed by atoms with Crippen molar-refractivity contribution in [1.29, 1.82) is 0 Å². The first kappa shape index (κ1) is 30.3. The van der Waals surface area contributed by atoms with Gasteiger partial charge in [-0.25, -0.2) is 4.39 Å². The summed E-state index contributed by atoms with van der Waals surface area (Å²) in [7, 11) is 0. The van der Waals surface area contributed by atoms with Crippen molar-refractivity contribution in [1.82, 2.24) is 9.80 Å². The average Bonchev–Trinajstić information content (AvgIpc) is 3.51. The second-order valence-electron chi connectivity index (χ2n) is 11.2. The Kier molecular flexibility index (Phi) is 8.03. The van der Waals surface area contributed by atoms with Crippen molar-refractivity contribution >= 4 is 11.8 Å². The Morgan fingerprint density at radius 1 is 1.00 bits per heavy atom. The van der Waals surface area contributed by atoms with Gasteiger partial charge in [-0.2, -0.15) is 26.3 Å². The number of ether oxygens (including phenoxy) is 1. The maximum absolute atomic E-state index is 13.8. The van der Waals surface area contributed by atoms with E-state index in [1.54, 1.807) is 0 Å². The lowest BCUT2D eigenvalue weighted by atomic mass is 9.81. The van der Waals surface area contributed by atoms with Crippen LogP contribution < -0.4 is 0 Å². The van der Waals surface area contributed by atoms with E-state index >= 15 is 0 Å². The number of alkyl halides is 6. The lowest BCUT2D eigenvalue weighted by molar-refractivity contribution is -0.146. The monoisotopic (exact) mass is 602 g/mol. The summed E-state index contributed by atoms with van der Waals surface area (Å²) in [6, 6.07) is 6.08. The number of hydrogen-bond donors (Lipinski definition) is 1. The van der Waals surface area contributed by atoms with Crippen LogP contribution in [0.5, 0.6) is 0 Å². The van der Waals surface area contributed by atoms with Gasteiger partial charge in [0.05, 0.1) is 29.4 Å². The third-order valence-corrected chi connectivity index (χ3v) is 8.40. The summed E-state index contributed by atoms with van der Waals surface area (Å²) in [6.07, 6.45) is -12.2. The minimum absolute atomic E-state index is 0.00961. The molecule has 3 heterocycles. The van der Waals surface area contributed by atoms with Crippen LogP contribution in [-0.4, -0.2) is 64.6 Å². The van der Waals surface area contributed by atoms with E-state index in [1.165, 1.54) is 41.0 Å². The number of nitrogens with zero attached hydrogens (tertiary/aromatic N) is 2. The smallest absolute Gasteiger partial charge is 0.391 e. The predicted octanol–water partition coefficient (Wildman–Crippen LogP) is 5.31. The molecule has 13 heteroatoms. The van der Waals surface area contributed by atoms with Crippen LogP contribution in [0.2, 0.25) is 0 Å². The number of carbonyl (C=O) groups excluding carboxylic acids is 2. The summed E-state index contributed by atoms with van der Waals surface area (Å²) in [6.45, 7) is 1.85. The van der Waals surface area contributed by atoms with Crippen molar-refractivity contribution in [2.45, 2.75) is 68.8 Å². The van der Waals surface area contributed by atoms with Gasteiger partial charge >= 0.3 is 12.4 Å². The first-order chi connectivity index (χ1) is 19.6. The fourth-order valence-electron chi connectivity index (χ4n) is 6.34. The van der Waals surface area contributed by atoms with Gasteiger partial charge < -0.3 is 19.6 Å². The van der Waals surface area contributed by atoms with Crippen LogP contribution in [0.1, 0.15) is 60.5 Å². The average molecular weight is 603 g/mol. The molecule has 6 nitrogen and oxygen atoms in total. The number of halogens is 7. The van der Waals surface area contributed by atoms with Crippen molar-refractivity contribution < 1.29 is 50.2 Å². The SMILES string of the molecule is C[C@@H](O[C@H]1CN2C(=O)CC(C(=O)N3CC[C@@H](O)C3)C[C@H]2[C@@H]1c1ccc(F)cc1)c1cc(C(F)(F)F)cc(C(F)(F)F)c1. The van der Waals surface area contributed by atoms with Gasteiger partial charge in [0.25, 0.3) is 0 Å². The zero-order valence-corrected chi connectivity index (χ0v) is 22.5. The van der Waals surface area contributed by atoms with Crippen molar-refractivity contribution in [2.75, 3.05) is 19.6 Å². The highest BCUT2D eigenvalue weighted by molar-refractivity contribution is 5.88. The molecular formula is C29H29F7N2O4. The van der Waals surface area contributed by atoms with E-state index in [9.17, 15) is 45.4 Å². The Labute approximate surface area is 237 Å². The van der Waals surface area contributed by atoms with Gasteiger partial charge in [0.1, 0.15) is 5.82 Å².